The highest BCUT2D eigenvalue weighted by atomic mass is 16.2. The van der Waals surface area contributed by atoms with Gasteiger partial charge in [-0.05, 0) is 37.3 Å². The van der Waals surface area contributed by atoms with Crippen LogP contribution in [0.5, 0.6) is 0 Å². The molecule has 2 heterocycles. The number of para-hydroxylation sites is 2. The molecule has 148 valence electrons. The SMILES string of the molecule is C=CCN1C(=O)C2(Nc3ccccc3C(=O)N2c2ccc(C)cc2)c2ccccc21. The van der Waals surface area contributed by atoms with Crippen LogP contribution in [0.2, 0.25) is 0 Å². The Morgan fingerprint density at radius 1 is 0.967 bits per heavy atom. The Bertz CT molecular complexity index is 1190. The monoisotopic (exact) mass is 395 g/mol. The van der Waals surface area contributed by atoms with Crippen molar-refractivity contribution in [2.45, 2.75) is 12.6 Å². The number of amides is 2. The first-order valence-corrected chi connectivity index (χ1v) is 9.89. The van der Waals surface area contributed by atoms with Crippen LogP contribution in [0.4, 0.5) is 17.1 Å². The van der Waals surface area contributed by atoms with E-state index in [9.17, 15) is 9.59 Å². The van der Waals surface area contributed by atoms with Gasteiger partial charge in [-0.25, -0.2) is 0 Å². The molecule has 30 heavy (non-hydrogen) atoms. The molecule has 0 saturated carbocycles. The number of fused-ring (bicyclic) bond motifs is 3. The zero-order valence-corrected chi connectivity index (χ0v) is 16.6. The first kappa shape index (κ1) is 18.2. The quantitative estimate of drug-likeness (QED) is 0.667. The number of rotatable bonds is 3. The summed E-state index contributed by atoms with van der Waals surface area (Å²) < 4.78 is 0. The summed E-state index contributed by atoms with van der Waals surface area (Å²) in [4.78, 5) is 31.0. The molecule has 5 nitrogen and oxygen atoms in total. The number of nitrogens with one attached hydrogen (secondary N) is 1. The average molecular weight is 395 g/mol. The van der Waals surface area contributed by atoms with Gasteiger partial charge in [0.2, 0.25) is 5.66 Å². The summed E-state index contributed by atoms with van der Waals surface area (Å²) in [6, 6.07) is 22.6. The number of nitrogens with zero attached hydrogens (tertiary/aromatic N) is 2. The average Bonchev–Trinajstić information content (AvgIpc) is 2.99. The van der Waals surface area contributed by atoms with Crippen molar-refractivity contribution in [2.75, 3.05) is 21.7 Å². The van der Waals surface area contributed by atoms with Crippen molar-refractivity contribution in [3.05, 3.63) is 102 Å². The lowest BCUT2D eigenvalue weighted by Crippen LogP contribution is -2.63. The molecule has 0 radical (unpaired) electrons. The molecule has 2 amide bonds. The molecule has 1 spiro atoms. The largest absolute Gasteiger partial charge is 0.350 e. The van der Waals surface area contributed by atoms with E-state index in [0.717, 1.165) is 16.8 Å². The first-order chi connectivity index (χ1) is 14.6. The molecule has 0 fully saturated rings. The van der Waals surface area contributed by atoms with E-state index in [1.165, 1.54) is 0 Å². The molecule has 0 aromatic heterocycles. The van der Waals surface area contributed by atoms with E-state index >= 15 is 0 Å². The van der Waals surface area contributed by atoms with Crippen molar-refractivity contribution < 1.29 is 9.59 Å². The molecule has 5 rings (SSSR count). The molecule has 0 aliphatic carbocycles. The highest BCUT2D eigenvalue weighted by molar-refractivity contribution is 6.22. The van der Waals surface area contributed by atoms with Crippen LogP contribution in [-0.4, -0.2) is 18.4 Å². The minimum absolute atomic E-state index is 0.202. The highest BCUT2D eigenvalue weighted by Gasteiger charge is 2.59. The number of aryl methyl sites for hydroxylation is 1. The van der Waals surface area contributed by atoms with Crippen LogP contribution in [0.3, 0.4) is 0 Å². The Kier molecular flexibility index (Phi) is 4.00. The van der Waals surface area contributed by atoms with Gasteiger partial charge in [-0.2, -0.15) is 0 Å². The summed E-state index contributed by atoms with van der Waals surface area (Å²) in [5, 5.41) is 3.44. The normalized spacial score (nSPS) is 19.5. The lowest BCUT2D eigenvalue weighted by atomic mass is 9.92. The summed E-state index contributed by atoms with van der Waals surface area (Å²) in [5.74, 6) is -0.413. The van der Waals surface area contributed by atoms with Gasteiger partial charge in [0.15, 0.2) is 0 Å². The zero-order chi connectivity index (χ0) is 20.9. The highest BCUT2D eigenvalue weighted by Crippen LogP contribution is 2.49. The number of anilines is 3. The Morgan fingerprint density at radius 3 is 2.43 bits per heavy atom. The number of hydrogen-bond donors (Lipinski definition) is 1. The van der Waals surface area contributed by atoms with Crippen LogP contribution in [-0.2, 0) is 10.5 Å². The second-order valence-corrected chi connectivity index (χ2v) is 7.58. The Hall–Kier alpha value is -3.86. The van der Waals surface area contributed by atoms with Crippen LogP contribution in [0.15, 0.2) is 85.5 Å². The fourth-order valence-corrected chi connectivity index (χ4v) is 4.39. The molecule has 3 aromatic carbocycles. The third-order valence-corrected chi connectivity index (χ3v) is 5.75. The minimum atomic E-state index is -1.36. The van der Waals surface area contributed by atoms with Gasteiger partial charge in [-0.15, -0.1) is 6.58 Å². The van der Waals surface area contributed by atoms with E-state index in [1.807, 2.05) is 73.7 Å². The minimum Gasteiger partial charge on any atom is -0.350 e. The van der Waals surface area contributed by atoms with Gasteiger partial charge >= 0.3 is 0 Å². The zero-order valence-electron chi connectivity index (χ0n) is 16.6. The van der Waals surface area contributed by atoms with E-state index in [2.05, 4.69) is 11.9 Å². The summed E-state index contributed by atoms with van der Waals surface area (Å²) >= 11 is 0. The van der Waals surface area contributed by atoms with E-state index in [-0.39, 0.29) is 11.8 Å². The lowest BCUT2D eigenvalue weighted by molar-refractivity contribution is -0.122. The van der Waals surface area contributed by atoms with Gasteiger partial charge < -0.3 is 10.2 Å². The third-order valence-electron chi connectivity index (χ3n) is 5.75. The Morgan fingerprint density at radius 2 is 1.67 bits per heavy atom. The molecule has 0 bridgehead atoms. The predicted molar refractivity (Wildman–Crippen MR) is 119 cm³/mol. The summed E-state index contributed by atoms with van der Waals surface area (Å²) in [6.07, 6.45) is 1.70. The second-order valence-electron chi connectivity index (χ2n) is 7.58. The van der Waals surface area contributed by atoms with Crippen LogP contribution in [0.1, 0.15) is 21.5 Å². The van der Waals surface area contributed by atoms with Crippen molar-refractivity contribution in [1.82, 2.24) is 0 Å². The molecular weight excluding hydrogens is 374 g/mol. The van der Waals surface area contributed by atoms with Gasteiger partial charge in [-0.3, -0.25) is 14.5 Å². The molecule has 2 aliphatic rings. The van der Waals surface area contributed by atoms with Crippen molar-refractivity contribution in [3.8, 4) is 0 Å². The molecule has 0 saturated heterocycles. The van der Waals surface area contributed by atoms with Crippen LogP contribution >= 0.6 is 0 Å². The molecule has 1 atom stereocenters. The van der Waals surface area contributed by atoms with E-state index < -0.39 is 5.66 Å². The van der Waals surface area contributed by atoms with Crippen LogP contribution in [0, 0.1) is 6.92 Å². The van der Waals surface area contributed by atoms with Crippen molar-refractivity contribution >= 4 is 28.9 Å². The van der Waals surface area contributed by atoms with E-state index in [1.54, 1.807) is 21.9 Å². The fraction of sp³-hybridized carbons (Fsp3) is 0.120. The maximum absolute atomic E-state index is 14.0. The number of hydrogen-bond acceptors (Lipinski definition) is 3. The van der Waals surface area contributed by atoms with Crippen molar-refractivity contribution in [1.29, 1.82) is 0 Å². The maximum Gasteiger partial charge on any atom is 0.279 e. The standard InChI is InChI=1S/C25H21N3O2/c1-3-16-27-22-11-7-5-9-20(22)25(24(27)30)26-21-10-6-4-8-19(21)23(29)28(25)18-14-12-17(2)13-15-18/h3-15,26H,1,16H2,2H3. The maximum atomic E-state index is 14.0. The number of benzene rings is 3. The summed E-state index contributed by atoms with van der Waals surface area (Å²) in [5.41, 5.74) is 3.10. The van der Waals surface area contributed by atoms with E-state index in [0.29, 0.717) is 23.5 Å². The molecule has 1 unspecified atom stereocenters. The molecular formula is C25H21N3O2. The lowest BCUT2D eigenvalue weighted by Gasteiger charge is -2.45. The van der Waals surface area contributed by atoms with Crippen LogP contribution < -0.4 is 15.1 Å². The molecule has 5 heteroatoms. The van der Waals surface area contributed by atoms with Gasteiger partial charge in [0, 0.05) is 23.5 Å². The van der Waals surface area contributed by atoms with Gasteiger partial charge in [0.25, 0.3) is 11.8 Å². The first-order valence-electron chi connectivity index (χ1n) is 9.89. The summed E-state index contributed by atoms with van der Waals surface area (Å²) in [6.45, 7) is 6.16. The predicted octanol–water partition coefficient (Wildman–Crippen LogP) is 4.45. The van der Waals surface area contributed by atoms with Crippen LogP contribution in [0.25, 0.3) is 0 Å². The third kappa shape index (κ3) is 2.35. The van der Waals surface area contributed by atoms with E-state index in [4.69, 9.17) is 0 Å². The Balaban J connectivity index is 1.82. The van der Waals surface area contributed by atoms with Gasteiger partial charge in [-0.1, -0.05) is 54.1 Å². The summed E-state index contributed by atoms with van der Waals surface area (Å²) in [7, 11) is 0. The van der Waals surface area contributed by atoms with Gasteiger partial charge in [0.05, 0.1) is 11.3 Å². The molecule has 1 N–H and O–H groups in total. The van der Waals surface area contributed by atoms with Crippen molar-refractivity contribution in [2.24, 2.45) is 0 Å². The molecule has 2 aliphatic heterocycles. The number of carbonyl (C=O) groups is 2. The topological polar surface area (TPSA) is 52.7 Å². The Labute approximate surface area is 175 Å². The smallest absolute Gasteiger partial charge is 0.279 e. The number of carbonyl (C=O) groups excluding carboxylic acids is 2. The fourth-order valence-electron chi connectivity index (χ4n) is 4.39. The van der Waals surface area contributed by atoms with Crippen molar-refractivity contribution in [3.63, 3.8) is 0 Å². The second kappa shape index (κ2) is 6.59. The van der Waals surface area contributed by atoms with Gasteiger partial charge in [0.1, 0.15) is 0 Å². The molecule has 3 aromatic rings.